The lowest BCUT2D eigenvalue weighted by Crippen LogP contribution is -2.03. The molecule has 1 aromatic heterocycles. The lowest BCUT2D eigenvalue weighted by Gasteiger charge is -2.09. The number of nitrogens with one attached hydrogen (secondary N) is 1. The summed E-state index contributed by atoms with van der Waals surface area (Å²) >= 11 is 1.28. The van der Waals surface area contributed by atoms with E-state index in [-0.39, 0.29) is 0 Å². The molecule has 0 saturated heterocycles. The topological polar surface area (TPSA) is 37.8 Å². The summed E-state index contributed by atoms with van der Waals surface area (Å²) in [5, 5.41) is 3.84. The first-order valence-electron chi connectivity index (χ1n) is 5.80. The third kappa shape index (κ3) is 3.20. The van der Waals surface area contributed by atoms with E-state index in [1.807, 2.05) is 13.8 Å². The van der Waals surface area contributed by atoms with Crippen molar-refractivity contribution in [1.29, 1.82) is 0 Å². The van der Waals surface area contributed by atoms with Gasteiger partial charge in [-0.05, 0) is 32.0 Å². The minimum atomic E-state index is -0.858. The highest BCUT2D eigenvalue weighted by Crippen LogP contribution is 2.31. The van der Waals surface area contributed by atoms with Crippen molar-refractivity contribution in [2.24, 2.45) is 0 Å². The molecule has 0 atom stereocenters. The summed E-state index contributed by atoms with van der Waals surface area (Å²) in [4.78, 5) is 8.90. The molecule has 0 fully saturated rings. The van der Waals surface area contributed by atoms with E-state index < -0.39 is 11.6 Å². The van der Waals surface area contributed by atoms with Crippen LogP contribution in [0.5, 0.6) is 0 Å². The Balaban J connectivity index is 2.27. The van der Waals surface area contributed by atoms with Crippen LogP contribution in [0.3, 0.4) is 0 Å². The largest absolute Gasteiger partial charge is 0.370 e. The molecule has 100 valence electrons. The van der Waals surface area contributed by atoms with E-state index in [2.05, 4.69) is 15.3 Å². The fourth-order valence-corrected chi connectivity index (χ4v) is 2.41. The fraction of sp³-hybridized carbons (Fsp3) is 0.231. The molecular formula is C13H13F2N3S. The molecule has 0 bridgehead atoms. The number of anilines is 1. The fourth-order valence-electron chi connectivity index (χ4n) is 1.53. The maximum Gasteiger partial charge on any atom is 0.159 e. The smallest absolute Gasteiger partial charge is 0.159 e. The van der Waals surface area contributed by atoms with E-state index in [1.165, 1.54) is 24.2 Å². The Morgan fingerprint density at radius 3 is 2.68 bits per heavy atom. The van der Waals surface area contributed by atoms with E-state index >= 15 is 0 Å². The van der Waals surface area contributed by atoms with Crippen LogP contribution in [0.2, 0.25) is 0 Å². The summed E-state index contributed by atoms with van der Waals surface area (Å²) in [5.74, 6) is -0.955. The van der Waals surface area contributed by atoms with Gasteiger partial charge >= 0.3 is 0 Å². The van der Waals surface area contributed by atoms with E-state index in [0.29, 0.717) is 4.90 Å². The Bertz CT molecular complexity index is 590. The minimum Gasteiger partial charge on any atom is -0.370 e. The zero-order valence-electron chi connectivity index (χ0n) is 10.6. The number of rotatable bonds is 4. The van der Waals surface area contributed by atoms with Crippen LogP contribution in [0, 0.1) is 18.6 Å². The van der Waals surface area contributed by atoms with Gasteiger partial charge in [0, 0.05) is 17.0 Å². The van der Waals surface area contributed by atoms with Crippen LogP contribution < -0.4 is 5.32 Å². The molecule has 2 aromatic rings. The zero-order chi connectivity index (χ0) is 13.8. The van der Waals surface area contributed by atoms with Gasteiger partial charge < -0.3 is 5.32 Å². The molecular weight excluding hydrogens is 268 g/mol. The van der Waals surface area contributed by atoms with Crippen LogP contribution in [0.4, 0.5) is 14.6 Å². The van der Waals surface area contributed by atoms with Crippen molar-refractivity contribution >= 4 is 17.6 Å². The third-order valence-electron chi connectivity index (χ3n) is 2.49. The number of hydrogen-bond donors (Lipinski definition) is 1. The summed E-state index contributed by atoms with van der Waals surface area (Å²) in [6.07, 6.45) is 1.45. The molecule has 6 heteroatoms. The van der Waals surface area contributed by atoms with Crippen LogP contribution in [0.1, 0.15) is 12.5 Å². The Morgan fingerprint density at radius 1 is 1.21 bits per heavy atom. The highest BCUT2D eigenvalue weighted by Gasteiger charge is 2.09. The maximum atomic E-state index is 13.1. The molecule has 0 aliphatic rings. The normalized spacial score (nSPS) is 10.5. The summed E-state index contributed by atoms with van der Waals surface area (Å²) in [6, 6.07) is 3.80. The third-order valence-corrected chi connectivity index (χ3v) is 3.58. The average molecular weight is 281 g/mol. The lowest BCUT2D eigenvalue weighted by molar-refractivity contribution is 0.506. The number of nitrogens with zero attached hydrogens (tertiary/aromatic N) is 2. The first-order chi connectivity index (χ1) is 9.11. The van der Waals surface area contributed by atoms with Gasteiger partial charge in [0.1, 0.15) is 17.2 Å². The molecule has 0 aliphatic carbocycles. The van der Waals surface area contributed by atoms with Crippen molar-refractivity contribution < 1.29 is 8.78 Å². The van der Waals surface area contributed by atoms with E-state index in [1.54, 1.807) is 0 Å². The van der Waals surface area contributed by atoms with E-state index in [4.69, 9.17) is 0 Å². The van der Waals surface area contributed by atoms with Crippen molar-refractivity contribution in [3.05, 3.63) is 41.7 Å². The van der Waals surface area contributed by atoms with Gasteiger partial charge in [0.15, 0.2) is 11.6 Å². The quantitative estimate of drug-likeness (QED) is 0.868. The number of hydrogen-bond acceptors (Lipinski definition) is 4. The zero-order valence-corrected chi connectivity index (χ0v) is 11.4. The molecule has 0 amide bonds. The molecule has 0 saturated carbocycles. The summed E-state index contributed by atoms with van der Waals surface area (Å²) in [5.41, 5.74) is 0.888. The van der Waals surface area contributed by atoms with Gasteiger partial charge in [0.25, 0.3) is 0 Å². The Labute approximate surface area is 114 Å². The van der Waals surface area contributed by atoms with Crippen molar-refractivity contribution in [1.82, 2.24) is 9.97 Å². The second kappa shape index (κ2) is 5.97. The molecule has 0 radical (unpaired) electrons. The summed E-state index contributed by atoms with van der Waals surface area (Å²) < 4.78 is 26.0. The minimum absolute atomic E-state index is 0.600. The molecule has 0 unspecified atom stereocenters. The number of halogens is 2. The second-order valence-electron chi connectivity index (χ2n) is 3.86. The molecule has 0 spiro atoms. The predicted molar refractivity (Wildman–Crippen MR) is 71.4 cm³/mol. The Kier molecular flexibility index (Phi) is 4.31. The van der Waals surface area contributed by atoms with Gasteiger partial charge in [0.2, 0.25) is 0 Å². The highest BCUT2D eigenvalue weighted by molar-refractivity contribution is 7.99. The first kappa shape index (κ1) is 13.7. The van der Waals surface area contributed by atoms with Gasteiger partial charge in [0.05, 0.1) is 0 Å². The Hall–Kier alpha value is -1.69. The summed E-state index contributed by atoms with van der Waals surface area (Å²) in [6.45, 7) is 4.62. The predicted octanol–water partition coefficient (Wildman–Crippen LogP) is 3.65. The highest BCUT2D eigenvalue weighted by atomic mass is 32.2. The molecule has 1 heterocycles. The van der Waals surface area contributed by atoms with E-state index in [0.717, 1.165) is 35.1 Å². The van der Waals surface area contributed by atoms with Crippen LogP contribution in [-0.4, -0.2) is 16.5 Å². The molecule has 0 aliphatic heterocycles. The van der Waals surface area contributed by atoms with Gasteiger partial charge in [-0.25, -0.2) is 18.7 Å². The van der Waals surface area contributed by atoms with Gasteiger partial charge in [-0.1, -0.05) is 11.8 Å². The average Bonchev–Trinajstić information content (AvgIpc) is 2.39. The van der Waals surface area contributed by atoms with Gasteiger partial charge in [-0.3, -0.25) is 0 Å². The molecule has 1 N–H and O–H groups in total. The first-order valence-corrected chi connectivity index (χ1v) is 6.62. The van der Waals surface area contributed by atoms with Crippen molar-refractivity contribution in [2.75, 3.05) is 11.9 Å². The molecule has 19 heavy (non-hydrogen) atoms. The van der Waals surface area contributed by atoms with Crippen LogP contribution >= 0.6 is 11.8 Å². The van der Waals surface area contributed by atoms with Crippen LogP contribution in [-0.2, 0) is 0 Å². The standard InChI is InChI=1S/C13H13F2N3S/c1-3-16-12-8(2)13(18-7-17-12)19-9-4-5-10(14)11(15)6-9/h4-7H,3H2,1-2H3,(H,16,17,18). The van der Waals surface area contributed by atoms with Crippen molar-refractivity contribution in [3.63, 3.8) is 0 Å². The van der Waals surface area contributed by atoms with Crippen LogP contribution in [0.25, 0.3) is 0 Å². The number of benzene rings is 1. The van der Waals surface area contributed by atoms with Gasteiger partial charge in [-0.15, -0.1) is 0 Å². The maximum absolute atomic E-state index is 13.1. The summed E-state index contributed by atoms with van der Waals surface area (Å²) in [7, 11) is 0. The van der Waals surface area contributed by atoms with Gasteiger partial charge in [-0.2, -0.15) is 0 Å². The van der Waals surface area contributed by atoms with E-state index in [9.17, 15) is 8.78 Å². The van der Waals surface area contributed by atoms with Crippen LogP contribution in [0.15, 0.2) is 34.4 Å². The Morgan fingerprint density at radius 2 is 2.00 bits per heavy atom. The molecule has 3 nitrogen and oxygen atoms in total. The van der Waals surface area contributed by atoms with Crippen molar-refractivity contribution in [3.8, 4) is 0 Å². The molecule has 2 rings (SSSR count). The van der Waals surface area contributed by atoms with Crippen molar-refractivity contribution in [2.45, 2.75) is 23.8 Å². The monoisotopic (exact) mass is 281 g/mol. The SMILES string of the molecule is CCNc1ncnc(Sc2ccc(F)c(F)c2)c1C. The second-order valence-corrected chi connectivity index (χ2v) is 4.92. The lowest BCUT2D eigenvalue weighted by atomic mass is 10.3. The number of aromatic nitrogens is 2. The molecule has 1 aromatic carbocycles.